The summed E-state index contributed by atoms with van der Waals surface area (Å²) in [5, 5.41) is 0. The van der Waals surface area contributed by atoms with Crippen molar-refractivity contribution in [3.8, 4) is 0 Å². The lowest BCUT2D eigenvalue weighted by atomic mass is 10.3. The summed E-state index contributed by atoms with van der Waals surface area (Å²) >= 11 is 0. The fourth-order valence-electron chi connectivity index (χ4n) is 0.419. The summed E-state index contributed by atoms with van der Waals surface area (Å²) < 4.78 is 3.90. The molecule has 0 fully saturated rings. The quantitative estimate of drug-likeness (QED) is 0.416. The molecule has 0 saturated carbocycles. The van der Waals surface area contributed by atoms with Gasteiger partial charge < -0.3 is 4.74 Å². The van der Waals surface area contributed by atoms with E-state index in [0.717, 1.165) is 19.3 Å². The van der Waals surface area contributed by atoms with Crippen LogP contribution in [0.5, 0.6) is 0 Å². The van der Waals surface area contributed by atoms with Crippen molar-refractivity contribution < 1.29 is 14.3 Å². The molecular weight excluding hydrogens is 120 g/mol. The first-order chi connectivity index (χ1) is 4.31. The molecule has 0 aliphatic heterocycles. The van der Waals surface area contributed by atoms with Crippen molar-refractivity contribution in [2.75, 3.05) is 0 Å². The summed E-state index contributed by atoms with van der Waals surface area (Å²) in [5.74, 6) is -0.494. The molecule has 0 unspecified atom stereocenters. The van der Waals surface area contributed by atoms with Crippen LogP contribution in [0.3, 0.4) is 0 Å². The van der Waals surface area contributed by atoms with E-state index in [1.807, 2.05) is 6.92 Å². The van der Waals surface area contributed by atoms with Gasteiger partial charge in [-0.1, -0.05) is 13.3 Å². The number of unbranched alkanes of at least 4 members (excludes halogenated alkanes) is 1. The summed E-state index contributed by atoms with van der Waals surface area (Å²) in [5.41, 5.74) is 0. The lowest BCUT2D eigenvalue weighted by Crippen LogP contribution is -2.01. The van der Waals surface area contributed by atoms with E-state index in [0.29, 0.717) is 6.42 Å². The van der Waals surface area contributed by atoms with E-state index in [1.54, 1.807) is 0 Å². The highest BCUT2D eigenvalue weighted by molar-refractivity contribution is 5.76. The molecule has 0 aromatic rings. The van der Waals surface area contributed by atoms with Crippen LogP contribution in [0.15, 0.2) is 0 Å². The third kappa shape index (κ3) is 5.00. The first kappa shape index (κ1) is 8.14. The van der Waals surface area contributed by atoms with Gasteiger partial charge in [-0.2, -0.15) is 0 Å². The van der Waals surface area contributed by atoms with E-state index >= 15 is 0 Å². The third-order valence-electron chi connectivity index (χ3n) is 0.890. The Balaban J connectivity index is 3.16. The molecule has 1 radical (unpaired) electrons. The van der Waals surface area contributed by atoms with Gasteiger partial charge in [-0.3, -0.25) is 4.79 Å². The zero-order valence-corrected chi connectivity index (χ0v) is 5.35. The SMILES string of the molecule is CCCCC(=O)O[C]=O. The summed E-state index contributed by atoms with van der Waals surface area (Å²) in [7, 11) is 0. The molecule has 0 saturated heterocycles. The van der Waals surface area contributed by atoms with E-state index in [2.05, 4.69) is 4.74 Å². The Morgan fingerprint density at radius 1 is 1.67 bits per heavy atom. The zero-order valence-electron chi connectivity index (χ0n) is 5.35. The average Bonchev–Trinajstić information content (AvgIpc) is 1.85. The Labute approximate surface area is 54.0 Å². The second kappa shape index (κ2) is 5.28. The molecule has 0 rings (SSSR count). The van der Waals surface area contributed by atoms with Crippen molar-refractivity contribution in [1.29, 1.82) is 0 Å². The van der Waals surface area contributed by atoms with Gasteiger partial charge in [0.15, 0.2) is 0 Å². The number of esters is 1. The van der Waals surface area contributed by atoms with Crippen molar-refractivity contribution >= 4 is 12.4 Å². The van der Waals surface area contributed by atoms with Crippen LogP contribution < -0.4 is 0 Å². The molecule has 3 nitrogen and oxygen atoms in total. The second-order valence-electron chi connectivity index (χ2n) is 1.66. The third-order valence-corrected chi connectivity index (χ3v) is 0.890. The van der Waals surface area contributed by atoms with Gasteiger partial charge in [0.2, 0.25) is 0 Å². The maximum atomic E-state index is 10.3. The Morgan fingerprint density at radius 3 is 2.78 bits per heavy atom. The molecule has 0 aromatic heterocycles. The molecule has 0 aromatic carbocycles. The van der Waals surface area contributed by atoms with Crippen molar-refractivity contribution in [2.24, 2.45) is 0 Å². The van der Waals surface area contributed by atoms with Crippen LogP contribution in [-0.4, -0.2) is 12.4 Å². The summed E-state index contributed by atoms with van der Waals surface area (Å²) in [6.07, 6.45) is 2.00. The van der Waals surface area contributed by atoms with Gasteiger partial charge in [0, 0.05) is 6.42 Å². The lowest BCUT2D eigenvalue weighted by molar-refractivity contribution is -0.135. The second-order valence-corrected chi connectivity index (χ2v) is 1.66. The fourth-order valence-corrected chi connectivity index (χ4v) is 0.419. The molecule has 0 N–H and O–H groups in total. The van der Waals surface area contributed by atoms with Crippen LogP contribution in [-0.2, 0) is 14.3 Å². The van der Waals surface area contributed by atoms with E-state index in [1.165, 1.54) is 0 Å². The van der Waals surface area contributed by atoms with Crippen LogP contribution >= 0.6 is 0 Å². The Hall–Kier alpha value is -0.860. The molecular formula is C6H9O3. The van der Waals surface area contributed by atoms with Crippen molar-refractivity contribution in [3.05, 3.63) is 0 Å². The standard InChI is InChI=1S/C6H9O3/c1-2-3-4-6(8)9-5-7/h2-4H2,1H3. The topological polar surface area (TPSA) is 43.4 Å². The smallest absolute Gasteiger partial charge is 0.384 e. The van der Waals surface area contributed by atoms with Crippen molar-refractivity contribution in [3.63, 3.8) is 0 Å². The van der Waals surface area contributed by atoms with Crippen LogP contribution in [0.25, 0.3) is 0 Å². The Kier molecular flexibility index (Phi) is 4.78. The number of carbonyl (C=O) groups excluding carboxylic acids is 2. The lowest BCUT2D eigenvalue weighted by Gasteiger charge is -1.91. The van der Waals surface area contributed by atoms with Gasteiger partial charge in [-0.15, -0.1) is 0 Å². The molecule has 0 aliphatic rings. The molecule has 0 aliphatic carbocycles. The number of ether oxygens (including phenoxy) is 1. The molecule has 0 spiro atoms. The minimum absolute atomic E-state index is 0.311. The largest absolute Gasteiger partial charge is 0.425 e. The first-order valence-corrected chi connectivity index (χ1v) is 2.88. The Morgan fingerprint density at radius 2 is 2.33 bits per heavy atom. The number of hydrogen-bond donors (Lipinski definition) is 0. The highest BCUT2D eigenvalue weighted by Gasteiger charge is 1.99. The van der Waals surface area contributed by atoms with Crippen LogP contribution in [0.2, 0.25) is 0 Å². The monoisotopic (exact) mass is 129 g/mol. The number of hydrogen-bond acceptors (Lipinski definition) is 3. The maximum absolute atomic E-state index is 10.3. The molecule has 3 heteroatoms. The Bertz CT molecular complexity index is 98.5. The molecule has 0 atom stereocenters. The highest BCUT2D eigenvalue weighted by atomic mass is 16.6. The van der Waals surface area contributed by atoms with Gasteiger partial charge in [0.1, 0.15) is 0 Å². The fraction of sp³-hybridized carbons (Fsp3) is 0.667. The van der Waals surface area contributed by atoms with E-state index < -0.39 is 5.97 Å². The highest BCUT2D eigenvalue weighted by Crippen LogP contribution is 1.94. The van der Waals surface area contributed by atoms with Crippen molar-refractivity contribution in [2.45, 2.75) is 26.2 Å². The van der Waals surface area contributed by atoms with Gasteiger partial charge in [0.25, 0.3) is 0 Å². The number of rotatable bonds is 4. The van der Waals surface area contributed by atoms with E-state index in [-0.39, 0.29) is 0 Å². The van der Waals surface area contributed by atoms with Crippen LogP contribution in [0.4, 0.5) is 0 Å². The molecule has 9 heavy (non-hydrogen) atoms. The maximum Gasteiger partial charge on any atom is 0.425 e. The van der Waals surface area contributed by atoms with E-state index in [4.69, 9.17) is 0 Å². The molecule has 51 valence electrons. The van der Waals surface area contributed by atoms with Crippen molar-refractivity contribution in [1.82, 2.24) is 0 Å². The summed E-state index contributed by atoms with van der Waals surface area (Å²) in [6.45, 7) is 3.03. The number of carbonyl (C=O) groups is 1. The van der Waals surface area contributed by atoms with Gasteiger partial charge in [-0.25, -0.2) is 4.79 Å². The van der Waals surface area contributed by atoms with Crippen LogP contribution in [0, 0.1) is 0 Å². The summed E-state index contributed by atoms with van der Waals surface area (Å²) in [6, 6.07) is 0. The normalized spacial score (nSPS) is 8.56. The van der Waals surface area contributed by atoms with Gasteiger partial charge >= 0.3 is 12.4 Å². The zero-order chi connectivity index (χ0) is 7.11. The predicted octanol–water partition coefficient (Wildman–Crippen LogP) is 0.787. The van der Waals surface area contributed by atoms with Gasteiger partial charge in [0.05, 0.1) is 0 Å². The van der Waals surface area contributed by atoms with Crippen LogP contribution in [0.1, 0.15) is 26.2 Å². The molecule has 0 bridgehead atoms. The predicted molar refractivity (Wildman–Crippen MR) is 31.3 cm³/mol. The first-order valence-electron chi connectivity index (χ1n) is 2.88. The molecule has 0 heterocycles. The van der Waals surface area contributed by atoms with Gasteiger partial charge in [-0.05, 0) is 6.42 Å². The summed E-state index contributed by atoms with van der Waals surface area (Å²) in [4.78, 5) is 19.7. The minimum Gasteiger partial charge on any atom is -0.384 e. The average molecular weight is 129 g/mol. The molecule has 0 amide bonds. The van der Waals surface area contributed by atoms with E-state index in [9.17, 15) is 9.59 Å². The minimum atomic E-state index is -0.494.